The van der Waals surface area contributed by atoms with E-state index in [1.807, 2.05) is 20.8 Å². The van der Waals surface area contributed by atoms with E-state index in [-0.39, 0.29) is 11.8 Å². The SMILES string of the molecule is CC(C)(C)C(N)CC(=O)NC(CC(N)=O)C(=O)O. The maximum atomic E-state index is 11.6. The molecule has 6 N–H and O–H groups in total. The van der Waals surface area contributed by atoms with Crippen LogP contribution in [0.15, 0.2) is 0 Å². The molecule has 0 radical (unpaired) electrons. The number of nitrogens with one attached hydrogen (secondary N) is 1. The van der Waals surface area contributed by atoms with Gasteiger partial charge in [-0.3, -0.25) is 9.59 Å². The molecule has 0 fully saturated rings. The molecule has 0 aliphatic carbocycles. The first-order chi connectivity index (χ1) is 8.04. The van der Waals surface area contributed by atoms with E-state index in [0.717, 1.165) is 0 Å². The summed E-state index contributed by atoms with van der Waals surface area (Å²) in [5.41, 5.74) is 10.4. The third kappa shape index (κ3) is 6.19. The van der Waals surface area contributed by atoms with Gasteiger partial charge in [0.2, 0.25) is 11.8 Å². The zero-order valence-electron chi connectivity index (χ0n) is 10.9. The van der Waals surface area contributed by atoms with E-state index in [0.29, 0.717) is 0 Å². The molecule has 18 heavy (non-hydrogen) atoms. The summed E-state index contributed by atoms with van der Waals surface area (Å²) >= 11 is 0. The number of nitrogens with two attached hydrogens (primary N) is 2. The van der Waals surface area contributed by atoms with Crippen LogP contribution in [0.5, 0.6) is 0 Å². The van der Waals surface area contributed by atoms with Crippen molar-refractivity contribution in [3.63, 3.8) is 0 Å². The summed E-state index contributed by atoms with van der Waals surface area (Å²) in [7, 11) is 0. The Morgan fingerprint density at radius 1 is 1.22 bits per heavy atom. The molecule has 2 unspecified atom stereocenters. The smallest absolute Gasteiger partial charge is 0.326 e. The van der Waals surface area contributed by atoms with Crippen LogP contribution in [0.1, 0.15) is 33.6 Å². The molecule has 0 heterocycles. The van der Waals surface area contributed by atoms with Gasteiger partial charge >= 0.3 is 5.97 Å². The summed E-state index contributed by atoms with van der Waals surface area (Å²) < 4.78 is 0. The van der Waals surface area contributed by atoms with Gasteiger partial charge in [-0.1, -0.05) is 20.8 Å². The Labute approximate surface area is 106 Å². The topological polar surface area (TPSA) is 136 Å². The summed E-state index contributed by atoms with van der Waals surface area (Å²) in [6.45, 7) is 5.63. The Morgan fingerprint density at radius 2 is 1.72 bits per heavy atom. The third-order valence-electron chi connectivity index (χ3n) is 2.56. The van der Waals surface area contributed by atoms with Gasteiger partial charge < -0.3 is 21.9 Å². The van der Waals surface area contributed by atoms with Crippen LogP contribution < -0.4 is 16.8 Å². The first kappa shape index (κ1) is 16.4. The lowest BCUT2D eigenvalue weighted by atomic mass is 9.85. The molecule has 0 aromatic heterocycles. The van der Waals surface area contributed by atoms with Gasteiger partial charge in [0, 0.05) is 12.5 Å². The third-order valence-corrected chi connectivity index (χ3v) is 2.56. The molecule has 7 heteroatoms. The molecule has 2 atom stereocenters. The fourth-order valence-corrected chi connectivity index (χ4v) is 1.16. The highest BCUT2D eigenvalue weighted by Gasteiger charge is 2.26. The molecule has 0 aliphatic heterocycles. The maximum absolute atomic E-state index is 11.6. The lowest BCUT2D eigenvalue weighted by molar-refractivity contribution is -0.143. The van der Waals surface area contributed by atoms with Crippen molar-refractivity contribution in [1.82, 2.24) is 5.32 Å². The number of carbonyl (C=O) groups excluding carboxylic acids is 2. The van der Waals surface area contributed by atoms with Crippen LogP contribution in [0, 0.1) is 5.41 Å². The van der Waals surface area contributed by atoms with Gasteiger partial charge in [-0.2, -0.15) is 0 Å². The van der Waals surface area contributed by atoms with Crippen LogP contribution in [-0.2, 0) is 14.4 Å². The number of carboxylic acid groups (broad SMARTS) is 1. The molecule has 2 amide bonds. The Kier molecular flexibility index (Phi) is 5.77. The maximum Gasteiger partial charge on any atom is 0.326 e. The minimum Gasteiger partial charge on any atom is -0.480 e. The van der Waals surface area contributed by atoms with E-state index < -0.39 is 36.3 Å². The van der Waals surface area contributed by atoms with Crippen molar-refractivity contribution in [2.24, 2.45) is 16.9 Å². The Morgan fingerprint density at radius 3 is 2.06 bits per heavy atom. The van der Waals surface area contributed by atoms with Gasteiger partial charge in [0.1, 0.15) is 6.04 Å². The molecule has 7 nitrogen and oxygen atoms in total. The van der Waals surface area contributed by atoms with E-state index in [2.05, 4.69) is 5.32 Å². The van der Waals surface area contributed by atoms with Gasteiger partial charge in [-0.25, -0.2) is 4.79 Å². The van der Waals surface area contributed by atoms with E-state index in [4.69, 9.17) is 16.6 Å². The van der Waals surface area contributed by atoms with Gasteiger partial charge in [-0.15, -0.1) is 0 Å². The molecular formula is C11H21N3O4. The summed E-state index contributed by atoms with van der Waals surface area (Å²) in [4.78, 5) is 33.0. The Hall–Kier alpha value is -1.63. The molecule has 104 valence electrons. The highest BCUT2D eigenvalue weighted by molar-refractivity contribution is 5.88. The summed E-state index contributed by atoms with van der Waals surface area (Å²) in [5, 5.41) is 11.0. The average molecular weight is 259 g/mol. The largest absolute Gasteiger partial charge is 0.480 e. The number of primary amides is 1. The van der Waals surface area contributed by atoms with Crippen LogP contribution in [-0.4, -0.2) is 35.0 Å². The molecule has 0 rings (SSSR count). The standard InChI is InChI=1S/C11H21N3O4/c1-11(2,3)7(12)5-9(16)14-6(10(17)18)4-8(13)15/h6-7H,4-5,12H2,1-3H3,(H2,13,15)(H,14,16)(H,17,18). The second kappa shape index (κ2) is 6.34. The van der Waals surface area contributed by atoms with E-state index in [1.54, 1.807) is 0 Å². The second-order valence-corrected chi connectivity index (χ2v) is 5.31. The van der Waals surface area contributed by atoms with Crippen molar-refractivity contribution >= 4 is 17.8 Å². The molecule has 0 saturated heterocycles. The highest BCUT2D eigenvalue weighted by atomic mass is 16.4. The molecule has 0 aromatic carbocycles. The lowest BCUT2D eigenvalue weighted by Crippen LogP contribution is -2.46. The van der Waals surface area contributed by atoms with E-state index >= 15 is 0 Å². The van der Waals surface area contributed by atoms with Crippen LogP contribution in [0.25, 0.3) is 0 Å². The molecule has 0 bridgehead atoms. The molecule has 0 aromatic rings. The van der Waals surface area contributed by atoms with E-state index in [1.165, 1.54) is 0 Å². The Bertz CT molecular complexity index is 336. The normalized spacial score (nSPS) is 14.7. The predicted octanol–water partition coefficient (Wildman–Crippen LogP) is -0.805. The average Bonchev–Trinajstić information content (AvgIpc) is 2.13. The number of aliphatic carboxylic acids is 1. The van der Waals surface area contributed by atoms with Crippen LogP contribution in [0.4, 0.5) is 0 Å². The highest BCUT2D eigenvalue weighted by Crippen LogP contribution is 2.19. The minimum atomic E-state index is -1.30. The monoisotopic (exact) mass is 259 g/mol. The second-order valence-electron chi connectivity index (χ2n) is 5.31. The van der Waals surface area contributed by atoms with Gasteiger partial charge in [0.25, 0.3) is 0 Å². The number of hydrogen-bond donors (Lipinski definition) is 4. The van der Waals surface area contributed by atoms with Crippen molar-refractivity contribution in [2.45, 2.75) is 45.7 Å². The molecule has 0 saturated carbocycles. The van der Waals surface area contributed by atoms with Crippen molar-refractivity contribution in [1.29, 1.82) is 0 Å². The summed E-state index contributed by atoms with van der Waals surface area (Å²) in [6, 6.07) is -1.71. The van der Waals surface area contributed by atoms with E-state index in [9.17, 15) is 14.4 Å². The van der Waals surface area contributed by atoms with Crippen molar-refractivity contribution in [2.75, 3.05) is 0 Å². The molecule has 0 spiro atoms. The number of amides is 2. The molecular weight excluding hydrogens is 238 g/mol. The lowest BCUT2D eigenvalue weighted by Gasteiger charge is -2.26. The van der Waals surface area contributed by atoms with Gasteiger partial charge in [-0.05, 0) is 5.41 Å². The summed E-state index contributed by atoms with van der Waals surface area (Å²) in [6.07, 6.45) is -0.447. The van der Waals surface area contributed by atoms with Crippen molar-refractivity contribution < 1.29 is 19.5 Å². The van der Waals surface area contributed by atoms with Crippen LogP contribution >= 0.6 is 0 Å². The van der Waals surface area contributed by atoms with Gasteiger partial charge in [0.05, 0.1) is 6.42 Å². The first-order valence-corrected chi connectivity index (χ1v) is 5.60. The number of rotatable bonds is 6. The van der Waals surface area contributed by atoms with Crippen LogP contribution in [0.3, 0.4) is 0 Å². The zero-order chi connectivity index (χ0) is 14.5. The van der Waals surface area contributed by atoms with Crippen LogP contribution in [0.2, 0.25) is 0 Å². The van der Waals surface area contributed by atoms with Gasteiger partial charge in [0.15, 0.2) is 0 Å². The quantitative estimate of drug-likeness (QED) is 0.495. The van der Waals surface area contributed by atoms with Crippen molar-refractivity contribution in [3.8, 4) is 0 Å². The number of hydrogen-bond acceptors (Lipinski definition) is 4. The number of carboxylic acids is 1. The fourth-order valence-electron chi connectivity index (χ4n) is 1.16. The van der Waals surface area contributed by atoms with Crippen molar-refractivity contribution in [3.05, 3.63) is 0 Å². The number of carbonyl (C=O) groups is 3. The minimum absolute atomic E-state index is 0.00789. The predicted molar refractivity (Wildman–Crippen MR) is 65.4 cm³/mol. The zero-order valence-corrected chi connectivity index (χ0v) is 10.9. The molecule has 0 aliphatic rings. The first-order valence-electron chi connectivity index (χ1n) is 5.60. The fraction of sp³-hybridized carbons (Fsp3) is 0.727. The summed E-state index contributed by atoms with van der Waals surface area (Å²) in [5.74, 6) is -2.60. The Balaban J connectivity index is 4.44.